The number of thioether (sulfide) groups is 1. The van der Waals surface area contributed by atoms with Crippen molar-refractivity contribution in [2.45, 2.75) is 76.9 Å². The van der Waals surface area contributed by atoms with Crippen LogP contribution in [0.3, 0.4) is 0 Å². The van der Waals surface area contributed by atoms with E-state index in [1.165, 1.54) is 23.9 Å². The monoisotopic (exact) mass is 532 g/mol. The second-order valence-corrected chi connectivity index (χ2v) is 11.2. The molecule has 1 aromatic carbocycles. The molecule has 2 saturated heterocycles. The predicted octanol–water partition coefficient (Wildman–Crippen LogP) is 3.60. The van der Waals surface area contributed by atoms with Gasteiger partial charge in [0, 0.05) is 37.5 Å². The van der Waals surface area contributed by atoms with Crippen LogP contribution in [0.25, 0.3) is 0 Å². The van der Waals surface area contributed by atoms with Gasteiger partial charge in [-0.3, -0.25) is 14.4 Å². The number of nitrogens with one attached hydrogen (secondary N) is 2. The highest BCUT2D eigenvalue weighted by Crippen LogP contribution is 2.27. The lowest BCUT2D eigenvalue weighted by Crippen LogP contribution is -2.53. The number of benzene rings is 1. The number of hydrazone groups is 1. The van der Waals surface area contributed by atoms with E-state index in [1.54, 1.807) is 12.1 Å². The standard InChI is InChI=1S/C27H37FN4O4S/c1-18-17-37-27(32(18)16-19-8-10-22(28)11-9-19)31-30-26(35)24(33)23(20-12-14-36-15-13-20)29-25(34)21-6-4-2-3-5-7-21/h8-11,18,20-21,23H,2-7,12-17H2,1H3,(H,29,34)(H,30,35)/b31-27-/t18-,23-/m0/s1. The average molecular weight is 533 g/mol. The minimum atomic E-state index is -0.884. The van der Waals surface area contributed by atoms with Crippen LogP contribution < -0.4 is 10.7 Å². The average Bonchev–Trinajstić information content (AvgIpc) is 3.09. The summed E-state index contributed by atoms with van der Waals surface area (Å²) in [6, 6.07) is 5.56. The number of carbonyl (C=O) groups excluding carboxylic acids is 3. The molecule has 2 amide bonds. The van der Waals surface area contributed by atoms with Crippen molar-refractivity contribution in [2.75, 3.05) is 19.0 Å². The number of hydrogen-bond acceptors (Lipinski definition) is 6. The van der Waals surface area contributed by atoms with E-state index < -0.39 is 17.7 Å². The molecular formula is C27H37FN4O4S. The Balaban J connectivity index is 1.42. The van der Waals surface area contributed by atoms with E-state index in [4.69, 9.17) is 4.74 Å². The van der Waals surface area contributed by atoms with Gasteiger partial charge in [0.05, 0.1) is 0 Å². The zero-order valence-corrected chi connectivity index (χ0v) is 22.2. The SMILES string of the molecule is C[C@H]1CS/C(=N\NC(=O)C(=O)[C@@H](NC(=O)C2CCCCCC2)C2CCOCC2)N1Cc1ccc(F)cc1. The highest BCUT2D eigenvalue weighted by atomic mass is 32.2. The third-order valence-electron chi connectivity index (χ3n) is 7.52. The number of ether oxygens (including phenoxy) is 1. The summed E-state index contributed by atoms with van der Waals surface area (Å²) in [5.74, 6) is -1.39. The molecule has 2 atom stereocenters. The Morgan fingerprint density at radius 2 is 1.76 bits per heavy atom. The first kappa shape index (κ1) is 27.6. The largest absolute Gasteiger partial charge is 0.381 e. The summed E-state index contributed by atoms with van der Waals surface area (Å²) in [4.78, 5) is 41.4. The number of hydrogen-bond donors (Lipinski definition) is 2. The van der Waals surface area contributed by atoms with E-state index in [0.29, 0.717) is 37.8 Å². The van der Waals surface area contributed by atoms with Crippen LogP contribution in [-0.4, -0.2) is 58.7 Å². The van der Waals surface area contributed by atoms with Gasteiger partial charge in [-0.2, -0.15) is 0 Å². The van der Waals surface area contributed by atoms with Crippen molar-refractivity contribution in [3.05, 3.63) is 35.6 Å². The van der Waals surface area contributed by atoms with Crippen LogP contribution in [-0.2, 0) is 25.7 Å². The normalized spacial score (nSPS) is 23.5. The Morgan fingerprint density at radius 1 is 1.08 bits per heavy atom. The van der Waals surface area contributed by atoms with Crippen molar-refractivity contribution >= 4 is 34.5 Å². The molecule has 2 heterocycles. The fourth-order valence-corrected chi connectivity index (χ4v) is 6.31. The molecule has 0 spiro atoms. The third kappa shape index (κ3) is 7.54. The lowest BCUT2D eigenvalue weighted by Gasteiger charge is -2.30. The van der Waals surface area contributed by atoms with Gasteiger partial charge >= 0.3 is 5.91 Å². The van der Waals surface area contributed by atoms with Gasteiger partial charge in [-0.1, -0.05) is 49.6 Å². The summed E-state index contributed by atoms with van der Waals surface area (Å²) in [6.07, 6.45) is 7.14. The summed E-state index contributed by atoms with van der Waals surface area (Å²) < 4.78 is 18.7. The lowest BCUT2D eigenvalue weighted by atomic mass is 9.87. The minimum absolute atomic E-state index is 0.114. The van der Waals surface area contributed by atoms with Crippen molar-refractivity contribution in [1.29, 1.82) is 0 Å². The topological polar surface area (TPSA) is 100 Å². The summed E-state index contributed by atoms with van der Waals surface area (Å²) in [5, 5.41) is 7.82. The van der Waals surface area contributed by atoms with E-state index in [0.717, 1.165) is 49.8 Å². The second kappa shape index (κ2) is 13.4. The van der Waals surface area contributed by atoms with Crippen LogP contribution in [0.5, 0.6) is 0 Å². The summed E-state index contributed by atoms with van der Waals surface area (Å²) >= 11 is 1.49. The molecule has 10 heteroatoms. The van der Waals surface area contributed by atoms with Gasteiger partial charge in [0.15, 0.2) is 5.17 Å². The molecule has 37 heavy (non-hydrogen) atoms. The number of amides is 2. The van der Waals surface area contributed by atoms with Crippen molar-refractivity contribution < 1.29 is 23.5 Å². The maximum absolute atomic E-state index is 13.3. The molecule has 202 valence electrons. The van der Waals surface area contributed by atoms with E-state index in [1.807, 2.05) is 4.90 Å². The summed E-state index contributed by atoms with van der Waals surface area (Å²) in [5.41, 5.74) is 3.37. The summed E-state index contributed by atoms with van der Waals surface area (Å²) in [6.45, 7) is 3.57. The Hall–Kier alpha value is -2.46. The van der Waals surface area contributed by atoms with Gasteiger partial charge in [-0.15, -0.1) is 5.10 Å². The van der Waals surface area contributed by atoms with Gasteiger partial charge in [0.2, 0.25) is 11.7 Å². The fourth-order valence-electron chi connectivity index (χ4n) is 5.22. The number of carbonyl (C=O) groups is 3. The molecular weight excluding hydrogens is 495 g/mol. The Bertz CT molecular complexity index is 975. The molecule has 0 radical (unpaired) electrons. The van der Waals surface area contributed by atoms with Gasteiger partial charge in [-0.05, 0) is 56.2 Å². The Morgan fingerprint density at radius 3 is 2.43 bits per heavy atom. The lowest BCUT2D eigenvalue weighted by molar-refractivity contribution is -0.142. The number of amidine groups is 1. The summed E-state index contributed by atoms with van der Waals surface area (Å²) in [7, 11) is 0. The van der Waals surface area contributed by atoms with Crippen LogP contribution in [0.15, 0.2) is 29.4 Å². The van der Waals surface area contributed by atoms with Crippen molar-refractivity contribution in [3.8, 4) is 0 Å². The zero-order valence-electron chi connectivity index (χ0n) is 21.4. The molecule has 8 nitrogen and oxygen atoms in total. The first-order valence-electron chi connectivity index (χ1n) is 13.4. The molecule has 0 unspecified atom stereocenters. The van der Waals surface area contributed by atoms with Gasteiger partial charge in [0.25, 0.3) is 0 Å². The molecule has 2 aliphatic heterocycles. The molecule has 1 aromatic rings. The van der Waals surface area contributed by atoms with Gasteiger partial charge in [0.1, 0.15) is 11.9 Å². The van der Waals surface area contributed by atoms with E-state index in [2.05, 4.69) is 22.8 Å². The minimum Gasteiger partial charge on any atom is -0.381 e. The molecule has 1 aliphatic carbocycles. The van der Waals surface area contributed by atoms with E-state index in [9.17, 15) is 18.8 Å². The molecule has 0 aromatic heterocycles. The molecule has 4 rings (SSSR count). The van der Waals surface area contributed by atoms with Crippen molar-refractivity contribution in [2.24, 2.45) is 16.9 Å². The molecule has 3 fully saturated rings. The number of rotatable bonds is 8. The van der Waals surface area contributed by atoms with Crippen molar-refractivity contribution in [1.82, 2.24) is 15.6 Å². The number of halogens is 1. The van der Waals surface area contributed by atoms with Crippen LogP contribution in [0.4, 0.5) is 4.39 Å². The molecule has 1 saturated carbocycles. The van der Waals surface area contributed by atoms with Crippen LogP contribution in [0, 0.1) is 17.7 Å². The van der Waals surface area contributed by atoms with Crippen molar-refractivity contribution in [3.63, 3.8) is 0 Å². The number of nitrogens with zero attached hydrogens (tertiary/aromatic N) is 2. The van der Waals surface area contributed by atoms with E-state index in [-0.39, 0.29) is 29.6 Å². The third-order valence-corrected chi connectivity index (χ3v) is 8.75. The second-order valence-electron chi connectivity index (χ2n) is 10.2. The highest BCUT2D eigenvalue weighted by molar-refractivity contribution is 8.14. The first-order valence-corrected chi connectivity index (χ1v) is 14.3. The zero-order chi connectivity index (χ0) is 26.2. The van der Waals surface area contributed by atoms with Crippen LogP contribution >= 0.6 is 11.8 Å². The Labute approximate surface area is 222 Å². The first-order chi connectivity index (χ1) is 17.9. The molecule has 2 N–H and O–H groups in total. The number of ketones is 1. The smallest absolute Gasteiger partial charge is 0.309 e. The van der Waals surface area contributed by atoms with Gasteiger partial charge in [-0.25, -0.2) is 9.82 Å². The maximum atomic E-state index is 13.3. The predicted molar refractivity (Wildman–Crippen MR) is 141 cm³/mol. The molecule has 3 aliphatic rings. The van der Waals surface area contributed by atoms with Gasteiger partial charge < -0.3 is 15.0 Å². The number of Topliss-reactive ketones (excluding diaryl/α,β-unsaturated/α-hetero) is 1. The molecule has 0 bridgehead atoms. The quantitative estimate of drug-likeness (QED) is 0.302. The van der Waals surface area contributed by atoms with Crippen LogP contribution in [0.2, 0.25) is 0 Å². The van der Waals surface area contributed by atoms with E-state index >= 15 is 0 Å². The maximum Gasteiger partial charge on any atom is 0.309 e. The fraction of sp³-hybridized carbons (Fsp3) is 0.630. The van der Waals surface area contributed by atoms with Crippen LogP contribution in [0.1, 0.15) is 63.9 Å². The highest BCUT2D eigenvalue weighted by Gasteiger charge is 2.36. The Kier molecular flexibility index (Phi) is 9.96.